The number of aromatic hydroxyl groups is 1. The van der Waals surface area contributed by atoms with Gasteiger partial charge in [0.25, 0.3) is 0 Å². The van der Waals surface area contributed by atoms with Crippen LogP contribution in [0.15, 0.2) is 22.7 Å². The lowest BCUT2D eigenvalue weighted by molar-refractivity contribution is 0.292. The quantitative estimate of drug-likeness (QED) is 0.812. The molecule has 0 aromatic heterocycles. The number of para-hydroxylation sites is 1. The van der Waals surface area contributed by atoms with Gasteiger partial charge in [-0.05, 0) is 40.9 Å². The summed E-state index contributed by atoms with van der Waals surface area (Å²) in [5.74, 6) is 1.31. The van der Waals surface area contributed by atoms with Crippen LogP contribution in [0, 0.1) is 5.92 Å². The Balaban J connectivity index is 1.73. The lowest BCUT2D eigenvalue weighted by Gasteiger charge is -2.25. The molecule has 16 heavy (non-hydrogen) atoms. The highest BCUT2D eigenvalue weighted by Crippen LogP contribution is 2.29. The lowest BCUT2D eigenvalue weighted by Crippen LogP contribution is -2.21. The Morgan fingerprint density at radius 1 is 1.38 bits per heavy atom. The van der Waals surface area contributed by atoms with Crippen molar-refractivity contribution in [3.8, 4) is 5.75 Å². The van der Waals surface area contributed by atoms with E-state index in [1.54, 1.807) is 0 Å². The number of hydrogen-bond acceptors (Lipinski definition) is 2. The Kier molecular flexibility index (Phi) is 4.24. The third-order valence-electron chi connectivity index (χ3n) is 3.34. The Morgan fingerprint density at radius 2 is 2.19 bits per heavy atom. The van der Waals surface area contributed by atoms with Gasteiger partial charge in [-0.25, -0.2) is 0 Å². The molecule has 0 bridgehead atoms. The fourth-order valence-electron chi connectivity index (χ4n) is 2.01. The molecule has 0 atom stereocenters. The van der Waals surface area contributed by atoms with E-state index in [2.05, 4.69) is 21.2 Å². The minimum absolute atomic E-state index is 0.360. The van der Waals surface area contributed by atoms with Crippen molar-refractivity contribution >= 4 is 15.9 Å². The van der Waals surface area contributed by atoms with Crippen molar-refractivity contribution in [2.45, 2.75) is 32.2 Å². The molecule has 2 nitrogen and oxygen atoms in total. The first-order chi connectivity index (χ1) is 7.77. The van der Waals surface area contributed by atoms with E-state index in [-0.39, 0.29) is 0 Å². The van der Waals surface area contributed by atoms with E-state index in [0.717, 1.165) is 29.0 Å². The maximum Gasteiger partial charge on any atom is 0.134 e. The summed E-state index contributed by atoms with van der Waals surface area (Å²) in [4.78, 5) is 0. The molecule has 1 aromatic rings. The molecule has 0 saturated heterocycles. The van der Waals surface area contributed by atoms with Crippen molar-refractivity contribution in [3.05, 3.63) is 28.2 Å². The normalized spacial score (nSPS) is 16.1. The molecule has 2 rings (SSSR count). The third kappa shape index (κ3) is 2.98. The minimum atomic E-state index is 0.360. The molecule has 0 unspecified atom stereocenters. The summed E-state index contributed by atoms with van der Waals surface area (Å²) >= 11 is 3.32. The van der Waals surface area contributed by atoms with Crippen LogP contribution in [-0.2, 0) is 6.54 Å². The molecule has 1 aliphatic rings. The lowest BCUT2D eigenvalue weighted by atomic mass is 9.83. The van der Waals surface area contributed by atoms with E-state index in [1.165, 1.54) is 25.7 Å². The van der Waals surface area contributed by atoms with E-state index < -0.39 is 0 Å². The number of phenolic OH excluding ortho intramolecular Hbond substituents is 1. The summed E-state index contributed by atoms with van der Waals surface area (Å²) in [5.41, 5.74) is 0.961. The van der Waals surface area contributed by atoms with Gasteiger partial charge < -0.3 is 10.4 Å². The van der Waals surface area contributed by atoms with Gasteiger partial charge in [-0.15, -0.1) is 0 Å². The Morgan fingerprint density at radius 3 is 2.88 bits per heavy atom. The highest BCUT2D eigenvalue weighted by Gasteiger charge is 2.16. The zero-order valence-electron chi connectivity index (χ0n) is 9.38. The van der Waals surface area contributed by atoms with Gasteiger partial charge in [-0.3, -0.25) is 0 Å². The summed E-state index contributed by atoms with van der Waals surface area (Å²) in [5, 5.41) is 13.2. The molecule has 0 radical (unpaired) electrons. The number of phenols is 1. The maximum absolute atomic E-state index is 9.78. The second kappa shape index (κ2) is 5.69. The zero-order valence-corrected chi connectivity index (χ0v) is 11.0. The Labute approximate surface area is 105 Å². The van der Waals surface area contributed by atoms with Crippen LogP contribution in [0.5, 0.6) is 5.75 Å². The number of rotatable bonds is 5. The van der Waals surface area contributed by atoms with Gasteiger partial charge in [0, 0.05) is 12.1 Å². The van der Waals surface area contributed by atoms with Crippen molar-refractivity contribution in [2.75, 3.05) is 6.54 Å². The van der Waals surface area contributed by atoms with E-state index in [1.807, 2.05) is 18.2 Å². The highest BCUT2D eigenvalue weighted by molar-refractivity contribution is 9.10. The van der Waals surface area contributed by atoms with Crippen molar-refractivity contribution in [1.29, 1.82) is 0 Å². The van der Waals surface area contributed by atoms with Gasteiger partial charge in [0.1, 0.15) is 5.75 Å². The number of hydrogen-bond donors (Lipinski definition) is 2. The molecule has 0 amide bonds. The van der Waals surface area contributed by atoms with Crippen LogP contribution in [0.1, 0.15) is 31.2 Å². The van der Waals surface area contributed by atoms with Crippen molar-refractivity contribution in [3.63, 3.8) is 0 Å². The molecule has 0 spiro atoms. The van der Waals surface area contributed by atoms with Crippen LogP contribution in [-0.4, -0.2) is 11.7 Å². The smallest absolute Gasteiger partial charge is 0.134 e. The van der Waals surface area contributed by atoms with Gasteiger partial charge in [-0.2, -0.15) is 0 Å². The van der Waals surface area contributed by atoms with Crippen molar-refractivity contribution in [2.24, 2.45) is 5.92 Å². The summed E-state index contributed by atoms with van der Waals surface area (Å²) in [6.07, 6.45) is 5.50. The SMILES string of the molecule is Oc1c(Br)cccc1CNCCC1CCC1. The maximum atomic E-state index is 9.78. The van der Waals surface area contributed by atoms with Gasteiger partial charge in [0.05, 0.1) is 4.47 Å². The molecular formula is C13H18BrNO. The standard InChI is InChI=1S/C13H18BrNO/c14-12-6-2-5-11(13(12)16)9-15-8-7-10-3-1-4-10/h2,5-6,10,15-16H,1,3-4,7-9H2. The van der Waals surface area contributed by atoms with Crippen molar-refractivity contribution in [1.82, 2.24) is 5.32 Å². The topological polar surface area (TPSA) is 32.3 Å². The molecular weight excluding hydrogens is 266 g/mol. The van der Waals surface area contributed by atoms with Crippen molar-refractivity contribution < 1.29 is 5.11 Å². The average molecular weight is 284 g/mol. The largest absolute Gasteiger partial charge is 0.506 e. The zero-order chi connectivity index (χ0) is 11.4. The molecule has 0 heterocycles. The number of benzene rings is 1. The van der Waals surface area contributed by atoms with Crippen LogP contribution >= 0.6 is 15.9 Å². The van der Waals surface area contributed by atoms with E-state index in [9.17, 15) is 5.11 Å². The van der Waals surface area contributed by atoms with E-state index in [4.69, 9.17) is 0 Å². The van der Waals surface area contributed by atoms with Crippen LogP contribution < -0.4 is 5.32 Å². The van der Waals surface area contributed by atoms with E-state index in [0.29, 0.717) is 5.75 Å². The second-order valence-electron chi connectivity index (χ2n) is 4.51. The molecule has 1 aliphatic carbocycles. The summed E-state index contributed by atoms with van der Waals surface area (Å²) in [6.45, 7) is 1.80. The molecule has 2 N–H and O–H groups in total. The Hall–Kier alpha value is -0.540. The molecule has 88 valence electrons. The molecule has 1 fully saturated rings. The fourth-order valence-corrected chi connectivity index (χ4v) is 2.42. The predicted molar refractivity (Wildman–Crippen MR) is 69.5 cm³/mol. The summed E-state index contributed by atoms with van der Waals surface area (Å²) < 4.78 is 0.769. The Bertz CT molecular complexity index is 350. The predicted octanol–water partition coefficient (Wildman–Crippen LogP) is 3.43. The number of nitrogens with one attached hydrogen (secondary N) is 1. The highest BCUT2D eigenvalue weighted by atomic mass is 79.9. The first kappa shape index (κ1) is 11.9. The van der Waals surface area contributed by atoms with E-state index >= 15 is 0 Å². The molecule has 0 aliphatic heterocycles. The monoisotopic (exact) mass is 283 g/mol. The van der Waals surface area contributed by atoms with Gasteiger partial charge in [0.15, 0.2) is 0 Å². The minimum Gasteiger partial charge on any atom is -0.506 e. The van der Waals surface area contributed by atoms with Crippen LogP contribution in [0.4, 0.5) is 0 Å². The summed E-state index contributed by atoms with van der Waals surface area (Å²) in [6, 6.07) is 5.76. The number of halogens is 1. The average Bonchev–Trinajstić information content (AvgIpc) is 2.21. The van der Waals surface area contributed by atoms with Crippen LogP contribution in [0.2, 0.25) is 0 Å². The van der Waals surface area contributed by atoms with Gasteiger partial charge in [0.2, 0.25) is 0 Å². The fraction of sp³-hybridized carbons (Fsp3) is 0.538. The van der Waals surface area contributed by atoms with Gasteiger partial charge >= 0.3 is 0 Å². The summed E-state index contributed by atoms with van der Waals surface area (Å²) in [7, 11) is 0. The molecule has 1 aromatic carbocycles. The van der Waals surface area contributed by atoms with Gasteiger partial charge in [-0.1, -0.05) is 31.4 Å². The van der Waals surface area contributed by atoms with Crippen LogP contribution in [0.3, 0.4) is 0 Å². The second-order valence-corrected chi connectivity index (χ2v) is 5.36. The molecule has 1 saturated carbocycles. The van der Waals surface area contributed by atoms with Crippen LogP contribution in [0.25, 0.3) is 0 Å². The third-order valence-corrected chi connectivity index (χ3v) is 3.98. The first-order valence-corrected chi connectivity index (χ1v) is 6.74. The molecule has 3 heteroatoms. The first-order valence-electron chi connectivity index (χ1n) is 5.94.